The van der Waals surface area contributed by atoms with E-state index in [1.54, 1.807) is 0 Å². The van der Waals surface area contributed by atoms with Crippen LogP contribution in [0, 0.1) is 0 Å². The molecule has 0 bridgehead atoms. The lowest BCUT2D eigenvalue weighted by Gasteiger charge is -2.43. The van der Waals surface area contributed by atoms with E-state index in [-0.39, 0.29) is 5.54 Å². The Morgan fingerprint density at radius 1 is 1.12 bits per heavy atom. The highest BCUT2D eigenvalue weighted by molar-refractivity contribution is 5.50. The van der Waals surface area contributed by atoms with Crippen molar-refractivity contribution in [2.24, 2.45) is 0 Å². The average molecular weight is 229 g/mol. The largest absolute Gasteiger partial charge is 0.360 e. The SMILES string of the molecule is CC(C)(C)N(c1ccccc1)C1C=CCCC1. The van der Waals surface area contributed by atoms with Crippen molar-refractivity contribution in [3.63, 3.8) is 0 Å². The molecule has 1 aromatic carbocycles. The van der Waals surface area contributed by atoms with Gasteiger partial charge in [0.2, 0.25) is 0 Å². The van der Waals surface area contributed by atoms with E-state index < -0.39 is 0 Å². The van der Waals surface area contributed by atoms with Gasteiger partial charge in [-0.15, -0.1) is 0 Å². The molecule has 0 spiro atoms. The highest BCUT2D eigenvalue weighted by atomic mass is 15.2. The van der Waals surface area contributed by atoms with Crippen LogP contribution in [0.25, 0.3) is 0 Å². The van der Waals surface area contributed by atoms with E-state index in [0.29, 0.717) is 6.04 Å². The lowest BCUT2D eigenvalue weighted by atomic mass is 9.95. The van der Waals surface area contributed by atoms with Gasteiger partial charge in [0, 0.05) is 17.3 Å². The zero-order chi connectivity index (χ0) is 12.3. The van der Waals surface area contributed by atoms with Crippen molar-refractivity contribution in [1.29, 1.82) is 0 Å². The van der Waals surface area contributed by atoms with Crippen molar-refractivity contribution in [3.8, 4) is 0 Å². The fraction of sp³-hybridized carbons (Fsp3) is 0.500. The van der Waals surface area contributed by atoms with Crippen LogP contribution in [0.5, 0.6) is 0 Å². The van der Waals surface area contributed by atoms with Gasteiger partial charge in [-0.25, -0.2) is 0 Å². The summed E-state index contributed by atoms with van der Waals surface area (Å²) >= 11 is 0. The highest BCUT2D eigenvalue weighted by Crippen LogP contribution is 2.30. The second-order valence-electron chi connectivity index (χ2n) is 5.80. The summed E-state index contributed by atoms with van der Waals surface area (Å²) in [6.45, 7) is 6.88. The fourth-order valence-electron chi connectivity index (χ4n) is 2.67. The van der Waals surface area contributed by atoms with Gasteiger partial charge in [-0.3, -0.25) is 0 Å². The maximum atomic E-state index is 2.54. The number of para-hydroxylation sites is 1. The van der Waals surface area contributed by atoms with Crippen molar-refractivity contribution < 1.29 is 0 Å². The third-order valence-electron chi connectivity index (χ3n) is 3.32. The Morgan fingerprint density at radius 3 is 2.35 bits per heavy atom. The fourth-order valence-corrected chi connectivity index (χ4v) is 2.67. The quantitative estimate of drug-likeness (QED) is 0.679. The third-order valence-corrected chi connectivity index (χ3v) is 3.32. The molecule has 0 amide bonds. The molecule has 92 valence electrons. The van der Waals surface area contributed by atoms with E-state index in [4.69, 9.17) is 0 Å². The molecule has 1 heteroatoms. The summed E-state index contributed by atoms with van der Waals surface area (Å²) in [6, 6.07) is 11.3. The van der Waals surface area contributed by atoms with Crippen molar-refractivity contribution in [2.75, 3.05) is 4.90 Å². The minimum absolute atomic E-state index is 0.160. The molecular weight excluding hydrogens is 206 g/mol. The number of allylic oxidation sites excluding steroid dienone is 1. The van der Waals surface area contributed by atoms with Gasteiger partial charge in [0.05, 0.1) is 0 Å². The number of nitrogens with zero attached hydrogens (tertiary/aromatic N) is 1. The van der Waals surface area contributed by atoms with Crippen molar-refractivity contribution in [2.45, 2.75) is 51.6 Å². The third kappa shape index (κ3) is 2.91. The molecule has 2 rings (SSSR count). The molecule has 0 aliphatic heterocycles. The zero-order valence-corrected chi connectivity index (χ0v) is 11.2. The van der Waals surface area contributed by atoms with Gasteiger partial charge in [0.15, 0.2) is 0 Å². The Morgan fingerprint density at radius 2 is 1.82 bits per heavy atom. The summed E-state index contributed by atoms with van der Waals surface area (Å²) in [5.74, 6) is 0. The lowest BCUT2D eigenvalue weighted by molar-refractivity contribution is 0.444. The van der Waals surface area contributed by atoms with Crippen LogP contribution >= 0.6 is 0 Å². The van der Waals surface area contributed by atoms with Gasteiger partial charge < -0.3 is 4.90 Å². The number of anilines is 1. The summed E-state index contributed by atoms with van der Waals surface area (Å²) in [5, 5.41) is 0. The van der Waals surface area contributed by atoms with Crippen molar-refractivity contribution in [1.82, 2.24) is 0 Å². The summed E-state index contributed by atoms with van der Waals surface area (Å²) in [4.78, 5) is 2.54. The molecule has 1 aliphatic rings. The molecule has 1 aliphatic carbocycles. The zero-order valence-electron chi connectivity index (χ0n) is 11.2. The first-order chi connectivity index (χ1) is 8.09. The van der Waals surface area contributed by atoms with Gasteiger partial charge in [-0.1, -0.05) is 30.4 Å². The number of benzene rings is 1. The second kappa shape index (κ2) is 4.95. The Labute approximate surface area is 105 Å². The maximum Gasteiger partial charge on any atom is 0.0478 e. The van der Waals surface area contributed by atoms with E-state index in [9.17, 15) is 0 Å². The highest BCUT2D eigenvalue weighted by Gasteiger charge is 2.28. The summed E-state index contributed by atoms with van der Waals surface area (Å²) < 4.78 is 0. The monoisotopic (exact) mass is 229 g/mol. The minimum atomic E-state index is 0.160. The van der Waals surface area contributed by atoms with Gasteiger partial charge in [0.1, 0.15) is 0 Å². The lowest BCUT2D eigenvalue weighted by Crippen LogP contribution is -2.48. The summed E-state index contributed by atoms with van der Waals surface area (Å²) in [6.07, 6.45) is 8.52. The Hall–Kier alpha value is -1.24. The predicted octanol–water partition coefficient (Wildman–Crippen LogP) is 4.40. The second-order valence-corrected chi connectivity index (χ2v) is 5.80. The van der Waals surface area contributed by atoms with Crippen LogP contribution in [0.1, 0.15) is 40.0 Å². The predicted molar refractivity (Wildman–Crippen MR) is 75.5 cm³/mol. The Bertz CT molecular complexity index is 372. The normalized spacial score (nSPS) is 20.3. The maximum absolute atomic E-state index is 2.54. The molecule has 1 aromatic rings. The van der Waals surface area contributed by atoms with E-state index in [1.807, 2.05) is 0 Å². The number of rotatable bonds is 2. The molecule has 0 saturated heterocycles. The minimum Gasteiger partial charge on any atom is -0.360 e. The van der Waals surface area contributed by atoms with Gasteiger partial charge in [-0.2, -0.15) is 0 Å². The molecule has 17 heavy (non-hydrogen) atoms. The topological polar surface area (TPSA) is 3.24 Å². The van der Waals surface area contributed by atoms with Crippen LogP contribution in [-0.2, 0) is 0 Å². The Kier molecular flexibility index (Phi) is 3.56. The first kappa shape index (κ1) is 12.2. The number of hydrogen-bond donors (Lipinski definition) is 0. The van der Waals surface area contributed by atoms with Crippen LogP contribution in [-0.4, -0.2) is 11.6 Å². The average Bonchev–Trinajstić information content (AvgIpc) is 2.30. The molecule has 1 nitrogen and oxygen atoms in total. The van der Waals surface area contributed by atoms with Crippen LogP contribution in [0.2, 0.25) is 0 Å². The van der Waals surface area contributed by atoms with Gasteiger partial charge >= 0.3 is 0 Å². The molecule has 0 aromatic heterocycles. The smallest absolute Gasteiger partial charge is 0.0478 e. The molecule has 0 fully saturated rings. The van der Waals surface area contributed by atoms with Crippen LogP contribution in [0.4, 0.5) is 5.69 Å². The first-order valence-corrected chi connectivity index (χ1v) is 6.60. The molecular formula is C16H23N. The standard InChI is InChI=1S/C16H23N/c1-16(2,3)17(14-10-6-4-7-11-14)15-12-8-5-9-13-15/h4,6-8,10-12,15H,5,9,13H2,1-3H3. The van der Waals surface area contributed by atoms with E-state index in [0.717, 1.165) is 0 Å². The van der Waals surface area contributed by atoms with Crippen LogP contribution in [0.3, 0.4) is 0 Å². The molecule has 0 heterocycles. The first-order valence-electron chi connectivity index (χ1n) is 6.60. The molecule has 1 unspecified atom stereocenters. The van der Waals surface area contributed by atoms with Crippen molar-refractivity contribution in [3.05, 3.63) is 42.5 Å². The van der Waals surface area contributed by atoms with Crippen molar-refractivity contribution >= 4 is 5.69 Å². The Balaban J connectivity index is 2.32. The molecule has 0 saturated carbocycles. The van der Waals surface area contributed by atoms with E-state index >= 15 is 0 Å². The molecule has 1 atom stereocenters. The summed E-state index contributed by atoms with van der Waals surface area (Å²) in [7, 11) is 0. The van der Waals surface area contributed by atoms with E-state index in [2.05, 4.69) is 68.2 Å². The number of hydrogen-bond acceptors (Lipinski definition) is 1. The molecule has 0 radical (unpaired) electrons. The van der Waals surface area contributed by atoms with Crippen LogP contribution < -0.4 is 4.90 Å². The molecule has 0 N–H and O–H groups in total. The van der Waals surface area contributed by atoms with Crippen LogP contribution in [0.15, 0.2) is 42.5 Å². The van der Waals surface area contributed by atoms with E-state index in [1.165, 1.54) is 24.9 Å². The van der Waals surface area contributed by atoms with Gasteiger partial charge in [0.25, 0.3) is 0 Å². The summed E-state index contributed by atoms with van der Waals surface area (Å²) in [5.41, 5.74) is 1.49. The van der Waals surface area contributed by atoms with Gasteiger partial charge in [-0.05, 0) is 52.2 Å².